The Morgan fingerprint density at radius 1 is 0.852 bits per heavy atom. The van der Waals surface area contributed by atoms with Crippen LogP contribution in [0, 0.1) is 0 Å². The Kier molecular flexibility index (Phi) is 5.86. The molecule has 2 N–H and O–H groups in total. The largest absolute Gasteiger partial charge is 0.391 e. The lowest BCUT2D eigenvalue weighted by atomic mass is 9.92. The van der Waals surface area contributed by atoms with Crippen LogP contribution >= 0.6 is 0 Å². The lowest BCUT2D eigenvalue weighted by Gasteiger charge is -2.44. The molecule has 0 amide bonds. The van der Waals surface area contributed by atoms with Gasteiger partial charge in [-0.25, -0.2) is 0 Å². The summed E-state index contributed by atoms with van der Waals surface area (Å²) in [7, 11) is 0. The van der Waals surface area contributed by atoms with E-state index in [1.54, 1.807) is 0 Å². The molecule has 5 atom stereocenters. The lowest BCUT2D eigenvalue weighted by molar-refractivity contribution is -0.187. The summed E-state index contributed by atoms with van der Waals surface area (Å²) in [5.74, 6) is 0. The molecule has 0 aromatic heterocycles. The maximum atomic E-state index is 10.9. The van der Waals surface area contributed by atoms with Gasteiger partial charge in [0.2, 0.25) is 0 Å². The first kappa shape index (κ1) is 18.6. The standard InChI is InChI=1S/C22H27NO4/c24-18-11-12-23-13-19(26-14-16-7-3-1-4-8-16)22(21(25)20(18)23)27-15-17-9-5-2-6-10-17/h1-10,18-22,24-25H,11-15H2/t18-,19-,20?,21+,22+/m0/s1. The van der Waals surface area contributed by atoms with Crippen molar-refractivity contribution in [1.82, 2.24) is 4.90 Å². The SMILES string of the molecule is O[C@@H]1C2[C@@H](O)CCN2C[C@H](OCc2ccccc2)[C@H]1OCc1ccccc1. The van der Waals surface area contributed by atoms with Crippen LogP contribution in [0.15, 0.2) is 60.7 Å². The summed E-state index contributed by atoms with van der Waals surface area (Å²) >= 11 is 0. The second-order valence-electron chi connectivity index (χ2n) is 7.43. The van der Waals surface area contributed by atoms with Crippen LogP contribution in [0.3, 0.4) is 0 Å². The molecule has 2 fully saturated rings. The quantitative estimate of drug-likeness (QED) is 0.815. The third-order valence-corrected chi connectivity index (χ3v) is 5.59. The number of benzene rings is 2. The number of nitrogens with zero attached hydrogens (tertiary/aromatic N) is 1. The van der Waals surface area contributed by atoms with Gasteiger partial charge in [0.1, 0.15) is 12.2 Å². The monoisotopic (exact) mass is 369 g/mol. The summed E-state index contributed by atoms with van der Waals surface area (Å²) in [5.41, 5.74) is 2.15. The number of aliphatic hydroxyl groups excluding tert-OH is 2. The van der Waals surface area contributed by atoms with Gasteiger partial charge in [0.15, 0.2) is 0 Å². The van der Waals surface area contributed by atoms with Crippen LogP contribution < -0.4 is 0 Å². The highest BCUT2D eigenvalue weighted by molar-refractivity contribution is 5.15. The van der Waals surface area contributed by atoms with Crippen molar-refractivity contribution in [2.45, 2.75) is 50.1 Å². The number of rotatable bonds is 6. The molecule has 1 unspecified atom stereocenters. The Bertz CT molecular complexity index is 711. The average molecular weight is 369 g/mol. The number of aliphatic hydroxyl groups is 2. The Morgan fingerprint density at radius 3 is 2.07 bits per heavy atom. The first-order chi connectivity index (χ1) is 13.2. The summed E-state index contributed by atoms with van der Waals surface area (Å²) in [6, 6.07) is 19.7. The lowest BCUT2D eigenvalue weighted by Crippen LogP contribution is -2.62. The molecule has 0 aliphatic carbocycles. The maximum Gasteiger partial charge on any atom is 0.113 e. The highest BCUT2D eigenvalue weighted by Crippen LogP contribution is 2.31. The van der Waals surface area contributed by atoms with Crippen LogP contribution in [-0.2, 0) is 22.7 Å². The maximum absolute atomic E-state index is 10.9. The second-order valence-corrected chi connectivity index (χ2v) is 7.43. The third kappa shape index (κ3) is 4.23. The fourth-order valence-electron chi connectivity index (χ4n) is 4.16. The van der Waals surface area contributed by atoms with Crippen molar-refractivity contribution in [1.29, 1.82) is 0 Å². The molecule has 0 radical (unpaired) electrons. The van der Waals surface area contributed by atoms with Gasteiger partial charge in [0.25, 0.3) is 0 Å². The van der Waals surface area contributed by atoms with E-state index in [0.717, 1.165) is 17.7 Å². The Balaban J connectivity index is 1.47. The zero-order valence-electron chi connectivity index (χ0n) is 15.4. The summed E-state index contributed by atoms with van der Waals surface area (Å²) in [6.07, 6.45) is -1.33. The smallest absolute Gasteiger partial charge is 0.113 e. The minimum absolute atomic E-state index is 0.245. The summed E-state index contributed by atoms with van der Waals surface area (Å²) in [5, 5.41) is 21.2. The van der Waals surface area contributed by atoms with Gasteiger partial charge in [0, 0.05) is 13.1 Å². The first-order valence-electron chi connectivity index (χ1n) is 9.63. The Hall–Kier alpha value is -1.76. The van der Waals surface area contributed by atoms with Crippen molar-refractivity contribution in [2.75, 3.05) is 13.1 Å². The van der Waals surface area contributed by atoms with Gasteiger partial charge >= 0.3 is 0 Å². The summed E-state index contributed by atoms with van der Waals surface area (Å²) in [6.45, 7) is 2.33. The summed E-state index contributed by atoms with van der Waals surface area (Å²) in [4.78, 5) is 2.13. The molecule has 0 bridgehead atoms. The molecular formula is C22H27NO4. The highest BCUT2D eigenvalue weighted by atomic mass is 16.5. The number of piperidine rings is 1. The van der Waals surface area contributed by atoms with Gasteiger partial charge < -0.3 is 19.7 Å². The zero-order valence-corrected chi connectivity index (χ0v) is 15.4. The molecule has 2 aliphatic heterocycles. The average Bonchev–Trinajstić information content (AvgIpc) is 3.08. The third-order valence-electron chi connectivity index (χ3n) is 5.59. The molecule has 2 aliphatic rings. The second kappa shape index (κ2) is 8.50. The van der Waals surface area contributed by atoms with Crippen LogP contribution in [-0.4, -0.2) is 58.7 Å². The van der Waals surface area contributed by atoms with E-state index in [2.05, 4.69) is 4.90 Å². The molecule has 0 spiro atoms. The minimum Gasteiger partial charge on any atom is -0.391 e. The van der Waals surface area contributed by atoms with Gasteiger partial charge in [-0.1, -0.05) is 60.7 Å². The topological polar surface area (TPSA) is 62.2 Å². The fraction of sp³-hybridized carbons (Fsp3) is 0.455. The van der Waals surface area contributed by atoms with E-state index in [0.29, 0.717) is 26.2 Å². The highest BCUT2D eigenvalue weighted by Gasteiger charge is 2.49. The molecule has 0 saturated carbocycles. The molecule has 2 aromatic rings. The molecule has 2 heterocycles. The molecule has 5 heteroatoms. The van der Waals surface area contributed by atoms with E-state index in [1.807, 2.05) is 60.7 Å². The van der Waals surface area contributed by atoms with Gasteiger partial charge in [-0.3, -0.25) is 4.90 Å². The number of hydrogen-bond donors (Lipinski definition) is 2. The zero-order chi connectivity index (χ0) is 18.6. The van der Waals surface area contributed by atoms with Crippen molar-refractivity contribution >= 4 is 0 Å². The molecule has 2 saturated heterocycles. The van der Waals surface area contributed by atoms with E-state index < -0.39 is 18.3 Å². The molecule has 5 nitrogen and oxygen atoms in total. The van der Waals surface area contributed by atoms with E-state index >= 15 is 0 Å². The van der Waals surface area contributed by atoms with Gasteiger partial charge in [-0.15, -0.1) is 0 Å². The van der Waals surface area contributed by atoms with Crippen LogP contribution in [0.25, 0.3) is 0 Å². The van der Waals surface area contributed by atoms with Gasteiger partial charge in [-0.05, 0) is 17.5 Å². The van der Waals surface area contributed by atoms with Crippen molar-refractivity contribution in [2.24, 2.45) is 0 Å². The van der Waals surface area contributed by atoms with E-state index in [1.165, 1.54) is 0 Å². The van der Waals surface area contributed by atoms with Crippen LogP contribution in [0.1, 0.15) is 17.5 Å². The van der Waals surface area contributed by atoms with E-state index in [9.17, 15) is 10.2 Å². The van der Waals surface area contributed by atoms with Crippen LogP contribution in [0.4, 0.5) is 0 Å². The number of ether oxygens (including phenoxy) is 2. The van der Waals surface area contributed by atoms with E-state index in [4.69, 9.17) is 9.47 Å². The van der Waals surface area contributed by atoms with Gasteiger partial charge in [0.05, 0.1) is 31.5 Å². The molecule has 144 valence electrons. The molecule has 4 rings (SSSR count). The van der Waals surface area contributed by atoms with Crippen molar-refractivity contribution in [3.8, 4) is 0 Å². The van der Waals surface area contributed by atoms with Crippen molar-refractivity contribution < 1.29 is 19.7 Å². The minimum atomic E-state index is -0.777. The van der Waals surface area contributed by atoms with E-state index in [-0.39, 0.29) is 12.1 Å². The Morgan fingerprint density at radius 2 is 1.44 bits per heavy atom. The normalized spacial score (nSPS) is 31.0. The van der Waals surface area contributed by atoms with Gasteiger partial charge in [-0.2, -0.15) is 0 Å². The van der Waals surface area contributed by atoms with Crippen molar-refractivity contribution in [3.05, 3.63) is 71.8 Å². The van der Waals surface area contributed by atoms with Crippen LogP contribution in [0.5, 0.6) is 0 Å². The van der Waals surface area contributed by atoms with Crippen LogP contribution in [0.2, 0.25) is 0 Å². The first-order valence-corrected chi connectivity index (χ1v) is 9.63. The molecule has 27 heavy (non-hydrogen) atoms. The predicted molar refractivity (Wildman–Crippen MR) is 102 cm³/mol. The molecule has 2 aromatic carbocycles. The predicted octanol–water partition coefficient (Wildman–Crippen LogP) is 1.97. The molecular weight excluding hydrogens is 342 g/mol. The summed E-state index contributed by atoms with van der Waals surface area (Å²) < 4.78 is 12.3. The van der Waals surface area contributed by atoms with Crippen molar-refractivity contribution in [3.63, 3.8) is 0 Å². The number of hydrogen-bond acceptors (Lipinski definition) is 5. The Labute approximate surface area is 160 Å². The fourth-order valence-corrected chi connectivity index (χ4v) is 4.16. The number of fused-ring (bicyclic) bond motifs is 1.